The van der Waals surface area contributed by atoms with Gasteiger partial charge in [-0.15, -0.1) is 0 Å². The maximum atomic E-state index is 6.04. The van der Waals surface area contributed by atoms with Crippen LogP contribution in [0.3, 0.4) is 0 Å². The summed E-state index contributed by atoms with van der Waals surface area (Å²) in [5, 5.41) is 0. The Hall–Kier alpha value is -0.890. The van der Waals surface area contributed by atoms with Crippen LogP contribution >= 0.6 is 0 Å². The van der Waals surface area contributed by atoms with Crippen LogP contribution in [0.15, 0.2) is 24.5 Å². The first kappa shape index (κ1) is 10.2. The third-order valence-electron chi connectivity index (χ3n) is 1.94. The molecule has 13 heavy (non-hydrogen) atoms. The Kier molecular flexibility index (Phi) is 3.04. The van der Waals surface area contributed by atoms with E-state index in [0.717, 1.165) is 12.0 Å². The maximum absolute atomic E-state index is 6.04. The Labute approximate surface area is 80.2 Å². The summed E-state index contributed by atoms with van der Waals surface area (Å²) in [6.07, 6.45) is 4.60. The van der Waals surface area contributed by atoms with E-state index in [0.29, 0.717) is 0 Å². The van der Waals surface area contributed by atoms with Gasteiger partial charge in [0, 0.05) is 18.4 Å². The molecule has 1 heterocycles. The van der Waals surface area contributed by atoms with Gasteiger partial charge in [-0.25, -0.2) is 0 Å². The molecule has 0 aromatic carbocycles. The molecule has 1 aromatic heterocycles. The van der Waals surface area contributed by atoms with Gasteiger partial charge in [-0.1, -0.05) is 26.8 Å². The Balaban J connectivity index is 2.64. The van der Waals surface area contributed by atoms with Gasteiger partial charge < -0.3 is 5.73 Å². The molecule has 2 N–H and O–H groups in total. The van der Waals surface area contributed by atoms with E-state index in [1.165, 1.54) is 0 Å². The Bertz CT molecular complexity index is 249. The van der Waals surface area contributed by atoms with Gasteiger partial charge in [-0.2, -0.15) is 0 Å². The lowest BCUT2D eigenvalue weighted by atomic mass is 9.86. The lowest BCUT2D eigenvalue weighted by molar-refractivity contribution is 0.342. The molecule has 0 radical (unpaired) electrons. The maximum Gasteiger partial charge on any atom is 0.0315 e. The average Bonchev–Trinajstić information content (AvgIpc) is 2.03. The number of rotatable bonds is 2. The third kappa shape index (κ3) is 3.55. The van der Waals surface area contributed by atoms with Crippen LogP contribution in [0.25, 0.3) is 0 Å². The standard InChI is InChI=1S/C11H18N2/c1-11(2,3)7-10(12)9-5-4-6-13-8-9/h4-6,8,10H,7,12H2,1-3H3. The van der Waals surface area contributed by atoms with E-state index >= 15 is 0 Å². The van der Waals surface area contributed by atoms with Crippen LogP contribution < -0.4 is 5.73 Å². The van der Waals surface area contributed by atoms with Crippen molar-refractivity contribution in [2.75, 3.05) is 0 Å². The van der Waals surface area contributed by atoms with Crippen molar-refractivity contribution in [2.24, 2.45) is 11.1 Å². The average molecular weight is 178 g/mol. The van der Waals surface area contributed by atoms with Crippen LogP contribution in [0, 0.1) is 5.41 Å². The molecule has 0 saturated heterocycles. The molecule has 0 aliphatic heterocycles. The van der Waals surface area contributed by atoms with Crippen molar-refractivity contribution >= 4 is 0 Å². The molecule has 1 rings (SSSR count). The van der Waals surface area contributed by atoms with E-state index in [1.54, 1.807) is 6.20 Å². The number of nitrogens with two attached hydrogens (primary N) is 1. The summed E-state index contributed by atoms with van der Waals surface area (Å²) in [7, 11) is 0. The number of nitrogens with zero attached hydrogens (tertiary/aromatic N) is 1. The van der Waals surface area contributed by atoms with Crippen LogP contribution in [-0.4, -0.2) is 4.98 Å². The molecule has 0 spiro atoms. The quantitative estimate of drug-likeness (QED) is 0.755. The molecule has 0 aliphatic rings. The van der Waals surface area contributed by atoms with Crippen molar-refractivity contribution in [3.05, 3.63) is 30.1 Å². The minimum absolute atomic E-state index is 0.105. The SMILES string of the molecule is CC(C)(C)CC(N)c1cccnc1. The summed E-state index contributed by atoms with van der Waals surface area (Å²) in [6.45, 7) is 6.59. The summed E-state index contributed by atoms with van der Waals surface area (Å²) >= 11 is 0. The lowest BCUT2D eigenvalue weighted by Gasteiger charge is -2.22. The van der Waals surface area contributed by atoms with E-state index in [1.807, 2.05) is 18.3 Å². The number of aromatic nitrogens is 1. The zero-order valence-corrected chi connectivity index (χ0v) is 8.62. The first-order valence-corrected chi connectivity index (χ1v) is 4.64. The van der Waals surface area contributed by atoms with Crippen LogP contribution in [0.2, 0.25) is 0 Å². The predicted molar refractivity (Wildman–Crippen MR) is 55.2 cm³/mol. The van der Waals surface area contributed by atoms with Crippen molar-refractivity contribution in [1.82, 2.24) is 4.98 Å². The molecule has 0 amide bonds. The second-order valence-corrected chi connectivity index (χ2v) is 4.66. The molecule has 2 nitrogen and oxygen atoms in total. The number of pyridine rings is 1. The Morgan fingerprint density at radius 1 is 1.46 bits per heavy atom. The largest absolute Gasteiger partial charge is 0.324 e. The Morgan fingerprint density at radius 3 is 2.62 bits per heavy atom. The molecule has 1 aromatic rings. The first-order chi connectivity index (χ1) is 5.99. The smallest absolute Gasteiger partial charge is 0.0315 e. The van der Waals surface area contributed by atoms with Gasteiger partial charge in [0.15, 0.2) is 0 Å². The third-order valence-corrected chi connectivity index (χ3v) is 1.94. The molecular weight excluding hydrogens is 160 g/mol. The number of hydrogen-bond donors (Lipinski definition) is 1. The van der Waals surface area contributed by atoms with E-state index < -0.39 is 0 Å². The normalized spacial score (nSPS) is 14.2. The molecule has 2 heteroatoms. The second-order valence-electron chi connectivity index (χ2n) is 4.66. The highest BCUT2D eigenvalue weighted by atomic mass is 14.7. The molecule has 0 bridgehead atoms. The van der Waals surface area contributed by atoms with E-state index in [9.17, 15) is 0 Å². The van der Waals surface area contributed by atoms with Gasteiger partial charge >= 0.3 is 0 Å². The summed E-state index contributed by atoms with van der Waals surface area (Å²) in [4.78, 5) is 4.06. The minimum atomic E-state index is 0.105. The fourth-order valence-corrected chi connectivity index (χ4v) is 1.37. The molecule has 0 saturated carbocycles. The van der Waals surface area contributed by atoms with Gasteiger partial charge in [0.2, 0.25) is 0 Å². The predicted octanol–water partition coefficient (Wildman–Crippen LogP) is 2.52. The zero-order valence-electron chi connectivity index (χ0n) is 8.62. The molecule has 1 atom stereocenters. The van der Waals surface area contributed by atoms with Gasteiger partial charge in [0.25, 0.3) is 0 Å². The van der Waals surface area contributed by atoms with Crippen LogP contribution in [0.4, 0.5) is 0 Å². The van der Waals surface area contributed by atoms with E-state index in [2.05, 4.69) is 25.8 Å². The Morgan fingerprint density at radius 2 is 2.15 bits per heavy atom. The monoisotopic (exact) mass is 178 g/mol. The van der Waals surface area contributed by atoms with Crippen molar-refractivity contribution in [1.29, 1.82) is 0 Å². The zero-order chi connectivity index (χ0) is 9.90. The highest BCUT2D eigenvalue weighted by Crippen LogP contribution is 2.26. The lowest BCUT2D eigenvalue weighted by Crippen LogP contribution is -2.18. The van der Waals surface area contributed by atoms with Gasteiger partial charge in [-0.05, 0) is 23.5 Å². The van der Waals surface area contributed by atoms with Gasteiger partial charge in [-0.3, -0.25) is 4.98 Å². The minimum Gasteiger partial charge on any atom is -0.324 e. The van der Waals surface area contributed by atoms with Crippen molar-refractivity contribution in [3.8, 4) is 0 Å². The fourth-order valence-electron chi connectivity index (χ4n) is 1.37. The summed E-state index contributed by atoms with van der Waals surface area (Å²) in [5.41, 5.74) is 7.44. The first-order valence-electron chi connectivity index (χ1n) is 4.64. The molecule has 0 aliphatic carbocycles. The molecule has 72 valence electrons. The van der Waals surface area contributed by atoms with E-state index in [4.69, 9.17) is 5.73 Å². The summed E-state index contributed by atoms with van der Waals surface area (Å²) < 4.78 is 0. The van der Waals surface area contributed by atoms with Crippen LogP contribution in [0.5, 0.6) is 0 Å². The van der Waals surface area contributed by atoms with Crippen LogP contribution in [-0.2, 0) is 0 Å². The fraction of sp³-hybridized carbons (Fsp3) is 0.545. The van der Waals surface area contributed by atoms with Crippen molar-refractivity contribution in [2.45, 2.75) is 33.2 Å². The van der Waals surface area contributed by atoms with Gasteiger partial charge in [0.1, 0.15) is 0 Å². The number of hydrogen-bond acceptors (Lipinski definition) is 2. The summed E-state index contributed by atoms with van der Waals surface area (Å²) in [5.74, 6) is 0. The molecule has 0 fully saturated rings. The van der Waals surface area contributed by atoms with Crippen molar-refractivity contribution < 1.29 is 0 Å². The topological polar surface area (TPSA) is 38.9 Å². The molecule has 1 unspecified atom stereocenters. The highest BCUT2D eigenvalue weighted by molar-refractivity contribution is 5.13. The molecular formula is C11H18N2. The van der Waals surface area contributed by atoms with E-state index in [-0.39, 0.29) is 11.5 Å². The van der Waals surface area contributed by atoms with Crippen LogP contribution in [0.1, 0.15) is 38.8 Å². The second kappa shape index (κ2) is 3.88. The highest BCUT2D eigenvalue weighted by Gasteiger charge is 2.16. The summed E-state index contributed by atoms with van der Waals surface area (Å²) in [6, 6.07) is 4.06. The van der Waals surface area contributed by atoms with Crippen molar-refractivity contribution in [3.63, 3.8) is 0 Å². The van der Waals surface area contributed by atoms with Gasteiger partial charge in [0.05, 0.1) is 0 Å².